The van der Waals surface area contributed by atoms with E-state index in [0.717, 1.165) is 16.7 Å². The van der Waals surface area contributed by atoms with Gasteiger partial charge in [-0.15, -0.1) is 0 Å². The molecule has 0 aliphatic heterocycles. The summed E-state index contributed by atoms with van der Waals surface area (Å²) in [6, 6.07) is 19.1. The van der Waals surface area contributed by atoms with Gasteiger partial charge in [-0.2, -0.15) is 0 Å². The number of hydrogen-bond acceptors (Lipinski definition) is 3. The molecule has 0 aliphatic carbocycles. The zero-order valence-corrected chi connectivity index (χ0v) is 10.5. The minimum Gasteiger partial charge on any atom is -0.476 e. The van der Waals surface area contributed by atoms with Crippen LogP contribution in [0.2, 0.25) is 0 Å². The molecule has 98 valence electrons. The number of hydrogen-bond donors (Lipinski definition) is 1. The molecule has 0 bridgehead atoms. The molecular formula is C16H11NO3. The molecule has 0 aliphatic rings. The molecule has 1 N–H and O–H groups in total. The molecule has 0 saturated carbocycles. The van der Waals surface area contributed by atoms with Crippen LogP contribution in [0, 0.1) is 0 Å². The van der Waals surface area contributed by atoms with Crippen LogP contribution in [0.4, 0.5) is 0 Å². The second-order valence-corrected chi connectivity index (χ2v) is 4.33. The lowest BCUT2D eigenvalue weighted by atomic mass is 10.0. The van der Waals surface area contributed by atoms with Crippen molar-refractivity contribution in [3.63, 3.8) is 0 Å². The third-order valence-corrected chi connectivity index (χ3v) is 2.98. The summed E-state index contributed by atoms with van der Waals surface area (Å²) < 4.78 is 5.07. The monoisotopic (exact) mass is 265 g/mol. The molecule has 4 nitrogen and oxygen atoms in total. The lowest BCUT2D eigenvalue weighted by Crippen LogP contribution is -1.94. The van der Waals surface area contributed by atoms with Gasteiger partial charge in [-0.05, 0) is 17.2 Å². The third kappa shape index (κ3) is 2.31. The minimum absolute atomic E-state index is 0.0925. The summed E-state index contributed by atoms with van der Waals surface area (Å²) in [6.07, 6.45) is 0. The van der Waals surface area contributed by atoms with Crippen molar-refractivity contribution in [1.29, 1.82) is 0 Å². The fourth-order valence-corrected chi connectivity index (χ4v) is 1.99. The van der Waals surface area contributed by atoms with Gasteiger partial charge >= 0.3 is 5.97 Å². The maximum Gasteiger partial charge on any atom is 0.358 e. The first-order valence-electron chi connectivity index (χ1n) is 6.10. The van der Waals surface area contributed by atoms with Crippen molar-refractivity contribution in [1.82, 2.24) is 5.16 Å². The lowest BCUT2D eigenvalue weighted by molar-refractivity contribution is 0.0686. The summed E-state index contributed by atoms with van der Waals surface area (Å²) in [6.45, 7) is 0. The van der Waals surface area contributed by atoms with Crippen molar-refractivity contribution in [2.75, 3.05) is 0 Å². The molecule has 3 rings (SSSR count). The van der Waals surface area contributed by atoms with Gasteiger partial charge in [0, 0.05) is 11.6 Å². The van der Waals surface area contributed by atoms with Crippen LogP contribution in [0.3, 0.4) is 0 Å². The first kappa shape index (κ1) is 12.2. The Bertz CT molecular complexity index is 747. The molecule has 2 aromatic carbocycles. The van der Waals surface area contributed by atoms with E-state index < -0.39 is 5.97 Å². The van der Waals surface area contributed by atoms with Crippen LogP contribution >= 0.6 is 0 Å². The number of carbonyl (C=O) groups is 1. The topological polar surface area (TPSA) is 63.3 Å². The Labute approximate surface area is 115 Å². The van der Waals surface area contributed by atoms with Gasteiger partial charge in [-0.3, -0.25) is 0 Å². The van der Waals surface area contributed by atoms with Crippen LogP contribution in [-0.2, 0) is 0 Å². The molecule has 0 amide bonds. The van der Waals surface area contributed by atoms with Crippen molar-refractivity contribution in [3.8, 4) is 22.5 Å². The van der Waals surface area contributed by atoms with E-state index in [9.17, 15) is 4.79 Å². The highest BCUT2D eigenvalue weighted by atomic mass is 16.5. The Morgan fingerprint density at radius 1 is 0.900 bits per heavy atom. The Kier molecular flexibility index (Phi) is 3.05. The average molecular weight is 265 g/mol. The summed E-state index contributed by atoms with van der Waals surface area (Å²) in [7, 11) is 0. The maximum atomic E-state index is 10.8. The third-order valence-electron chi connectivity index (χ3n) is 2.98. The number of aromatic nitrogens is 1. The van der Waals surface area contributed by atoms with Crippen molar-refractivity contribution in [2.24, 2.45) is 0 Å². The smallest absolute Gasteiger partial charge is 0.358 e. The predicted octanol–water partition coefficient (Wildman–Crippen LogP) is 3.71. The van der Waals surface area contributed by atoms with E-state index in [4.69, 9.17) is 9.63 Å². The number of aromatic carboxylic acids is 1. The van der Waals surface area contributed by atoms with E-state index in [1.165, 1.54) is 6.07 Å². The highest BCUT2D eigenvalue weighted by Gasteiger charge is 2.12. The predicted molar refractivity (Wildman–Crippen MR) is 74.3 cm³/mol. The SMILES string of the molecule is O=C(O)c1cc(-c2cccc(-c3ccccc3)c2)on1. The lowest BCUT2D eigenvalue weighted by Gasteiger charge is -2.03. The number of benzene rings is 2. The van der Waals surface area contributed by atoms with Crippen LogP contribution in [0.25, 0.3) is 22.5 Å². The Morgan fingerprint density at radius 2 is 1.60 bits per heavy atom. The molecule has 0 radical (unpaired) electrons. The zero-order valence-electron chi connectivity index (χ0n) is 10.5. The Balaban J connectivity index is 2.01. The standard InChI is InChI=1S/C16H11NO3/c18-16(19)14-10-15(20-17-14)13-8-4-7-12(9-13)11-5-2-1-3-6-11/h1-10H,(H,18,19). The van der Waals surface area contributed by atoms with Gasteiger partial charge in [0.05, 0.1) is 0 Å². The van der Waals surface area contributed by atoms with Crippen LogP contribution in [0.1, 0.15) is 10.5 Å². The van der Waals surface area contributed by atoms with Crippen molar-refractivity contribution < 1.29 is 14.4 Å². The van der Waals surface area contributed by atoms with Crippen LogP contribution < -0.4 is 0 Å². The molecule has 3 aromatic rings. The second-order valence-electron chi connectivity index (χ2n) is 4.33. The highest BCUT2D eigenvalue weighted by Crippen LogP contribution is 2.26. The normalized spacial score (nSPS) is 10.4. The van der Waals surface area contributed by atoms with Gasteiger partial charge in [0.2, 0.25) is 0 Å². The van der Waals surface area contributed by atoms with Gasteiger partial charge in [0.15, 0.2) is 11.5 Å². The van der Waals surface area contributed by atoms with Crippen molar-refractivity contribution in [3.05, 3.63) is 66.4 Å². The summed E-state index contributed by atoms with van der Waals surface area (Å²) in [5.41, 5.74) is 2.83. The molecule has 1 aromatic heterocycles. The minimum atomic E-state index is -1.10. The molecule has 0 saturated heterocycles. The fourth-order valence-electron chi connectivity index (χ4n) is 1.99. The van der Waals surface area contributed by atoms with Crippen molar-refractivity contribution >= 4 is 5.97 Å². The Hall–Kier alpha value is -2.88. The van der Waals surface area contributed by atoms with Gasteiger partial charge < -0.3 is 9.63 Å². The summed E-state index contributed by atoms with van der Waals surface area (Å²) >= 11 is 0. The molecule has 20 heavy (non-hydrogen) atoms. The van der Waals surface area contributed by atoms with E-state index in [1.54, 1.807) is 0 Å². The van der Waals surface area contributed by atoms with Gasteiger partial charge in [-0.25, -0.2) is 4.79 Å². The molecular weight excluding hydrogens is 254 g/mol. The molecule has 0 atom stereocenters. The molecule has 0 unspecified atom stereocenters. The maximum absolute atomic E-state index is 10.8. The summed E-state index contributed by atoms with van der Waals surface area (Å²) in [4.78, 5) is 10.8. The first-order valence-corrected chi connectivity index (χ1v) is 6.10. The quantitative estimate of drug-likeness (QED) is 0.784. The zero-order chi connectivity index (χ0) is 13.9. The number of rotatable bonds is 3. The number of carboxylic acid groups (broad SMARTS) is 1. The number of nitrogens with zero attached hydrogens (tertiary/aromatic N) is 1. The molecule has 1 heterocycles. The second kappa shape index (κ2) is 5.01. The van der Waals surface area contributed by atoms with Crippen LogP contribution in [-0.4, -0.2) is 16.2 Å². The molecule has 0 spiro atoms. The van der Waals surface area contributed by atoms with E-state index in [-0.39, 0.29) is 5.69 Å². The average Bonchev–Trinajstić information content (AvgIpc) is 2.98. The van der Waals surface area contributed by atoms with Gasteiger partial charge in [0.25, 0.3) is 0 Å². The highest BCUT2D eigenvalue weighted by molar-refractivity contribution is 5.86. The largest absolute Gasteiger partial charge is 0.476 e. The van der Waals surface area contributed by atoms with Gasteiger partial charge in [0.1, 0.15) is 0 Å². The summed E-state index contributed by atoms with van der Waals surface area (Å²) in [5.74, 6) is -0.653. The Morgan fingerprint density at radius 3 is 2.30 bits per heavy atom. The first-order chi connectivity index (χ1) is 9.74. The van der Waals surface area contributed by atoms with Crippen LogP contribution in [0.15, 0.2) is 65.2 Å². The fraction of sp³-hybridized carbons (Fsp3) is 0. The summed E-state index contributed by atoms with van der Waals surface area (Å²) in [5, 5.41) is 12.4. The van der Waals surface area contributed by atoms with Crippen molar-refractivity contribution in [2.45, 2.75) is 0 Å². The van der Waals surface area contributed by atoms with E-state index in [0.29, 0.717) is 5.76 Å². The van der Waals surface area contributed by atoms with Gasteiger partial charge in [-0.1, -0.05) is 53.7 Å². The van der Waals surface area contributed by atoms with E-state index >= 15 is 0 Å². The van der Waals surface area contributed by atoms with E-state index in [2.05, 4.69) is 5.16 Å². The van der Waals surface area contributed by atoms with E-state index in [1.807, 2.05) is 54.6 Å². The molecule has 4 heteroatoms. The molecule has 0 fully saturated rings. The number of carboxylic acids is 1. The van der Waals surface area contributed by atoms with Crippen LogP contribution in [0.5, 0.6) is 0 Å².